The third-order valence-corrected chi connectivity index (χ3v) is 3.46. The number of amides is 1. The van der Waals surface area contributed by atoms with Crippen molar-refractivity contribution in [2.75, 3.05) is 11.9 Å². The highest BCUT2D eigenvalue weighted by molar-refractivity contribution is 6.01. The number of hydrogen-bond acceptors (Lipinski definition) is 3. The average Bonchev–Trinajstić information content (AvgIpc) is 2.38. The number of carbonyl (C=O) groups excluding carboxylic acids is 1. The van der Waals surface area contributed by atoms with Crippen LogP contribution in [0.5, 0.6) is 0 Å². The van der Waals surface area contributed by atoms with Gasteiger partial charge in [0.1, 0.15) is 5.82 Å². The van der Waals surface area contributed by atoms with E-state index >= 15 is 0 Å². The molecule has 0 radical (unpaired) electrons. The minimum atomic E-state index is -1.20. The van der Waals surface area contributed by atoms with E-state index in [1.54, 1.807) is 0 Å². The molecule has 6 heteroatoms. The molecule has 2 atom stereocenters. The highest BCUT2D eigenvalue weighted by atomic mass is 19.1. The number of rotatable bonds is 3. The Kier molecular flexibility index (Phi) is 4.34. The van der Waals surface area contributed by atoms with Crippen LogP contribution in [0.1, 0.15) is 30.1 Å². The molecule has 1 saturated heterocycles. The molecule has 1 aliphatic rings. The van der Waals surface area contributed by atoms with Crippen LogP contribution >= 0.6 is 0 Å². The van der Waals surface area contributed by atoms with Crippen molar-refractivity contribution in [3.8, 4) is 0 Å². The summed E-state index contributed by atoms with van der Waals surface area (Å²) in [6.07, 6.45) is 1.37. The molecule has 1 heterocycles. The number of nitrogens with one attached hydrogen (secondary N) is 2. The van der Waals surface area contributed by atoms with E-state index in [0.29, 0.717) is 12.8 Å². The van der Waals surface area contributed by atoms with Gasteiger partial charge in [0.05, 0.1) is 11.3 Å². The second-order valence-electron chi connectivity index (χ2n) is 5.06. The van der Waals surface area contributed by atoms with Crippen molar-refractivity contribution in [2.24, 2.45) is 5.92 Å². The molecule has 0 bridgehead atoms. The topological polar surface area (TPSA) is 78.4 Å². The molecule has 5 nitrogen and oxygen atoms in total. The van der Waals surface area contributed by atoms with Crippen molar-refractivity contribution in [3.05, 3.63) is 29.6 Å². The molecular formula is C14H17FN2O3. The maximum Gasteiger partial charge on any atom is 0.337 e. The zero-order valence-electron chi connectivity index (χ0n) is 11.1. The van der Waals surface area contributed by atoms with Crippen molar-refractivity contribution < 1.29 is 19.1 Å². The largest absolute Gasteiger partial charge is 0.478 e. The lowest BCUT2D eigenvalue weighted by atomic mass is 9.92. The summed E-state index contributed by atoms with van der Waals surface area (Å²) in [5.41, 5.74) is -0.101. The Hall–Kier alpha value is -1.95. The summed E-state index contributed by atoms with van der Waals surface area (Å²) in [6, 6.07) is 3.49. The first-order valence-corrected chi connectivity index (χ1v) is 6.54. The molecule has 0 aromatic heterocycles. The molecule has 0 saturated carbocycles. The van der Waals surface area contributed by atoms with Crippen LogP contribution < -0.4 is 10.6 Å². The SMILES string of the molecule is CC1CC(C(=O)Nc2cc(F)ccc2C(=O)O)CCN1. The lowest BCUT2D eigenvalue weighted by molar-refractivity contribution is -0.120. The number of halogens is 1. The lowest BCUT2D eigenvalue weighted by Crippen LogP contribution is -2.40. The normalized spacial score (nSPS) is 22.3. The molecule has 20 heavy (non-hydrogen) atoms. The van der Waals surface area contributed by atoms with Crippen LogP contribution in [0.4, 0.5) is 10.1 Å². The van der Waals surface area contributed by atoms with E-state index in [-0.39, 0.29) is 29.1 Å². The Balaban J connectivity index is 2.14. The first-order chi connectivity index (χ1) is 9.47. The first-order valence-electron chi connectivity index (χ1n) is 6.54. The molecule has 2 rings (SSSR count). The molecule has 0 aliphatic carbocycles. The van der Waals surface area contributed by atoms with E-state index in [4.69, 9.17) is 5.11 Å². The number of anilines is 1. The van der Waals surface area contributed by atoms with Crippen LogP contribution in [-0.2, 0) is 4.79 Å². The summed E-state index contributed by atoms with van der Waals surface area (Å²) < 4.78 is 13.2. The first kappa shape index (κ1) is 14.5. The Bertz CT molecular complexity index is 533. The van der Waals surface area contributed by atoms with Crippen LogP contribution in [-0.4, -0.2) is 29.6 Å². The van der Waals surface area contributed by atoms with Gasteiger partial charge in [0.25, 0.3) is 0 Å². The van der Waals surface area contributed by atoms with Gasteiger partial charge < -0.3 is 15.7 Å². The Morgan fingerprint density at radius 1 is 1.45 bits per heavy atom. The van der Waals surface area contributed by atoms with Gasteiger partial charge in [-0.15, -0.1) is 0 Å². The predicted molar refractivity (Wildman–Crippen MR) is 72.2 cm³/mol. The smallest absolute Gasteiger partial charge is 0.337 e. The molecule has 108 valence electrons. The molecule has 0 spiro atoms. The standard InChI is InChI=1S/C14H17FN2O3/c1-8-6-9(4-5-16-8)13(18)17-12-7-10(15)2-3-11(12)14(19)20/h2-3,7-9,16H,4-6H2,1H3,(H,17,18)(H,19,20). The minimum absolute atomic E-state index is 0.00804. The van der Waals surface area contributed by atoms with Gasteiger partial charge in [-0.25, -0.2) is 9.18 Å². The molecule has 1 aromatic carbocycles. The van der Waals surface area contributed by atoms with E-state index in [2.05, 4.69) is 10.6 Å². The summed E-state index contributed by atoms with van der Waals surface area (Å²) in [4.78, 5) is 23.2. The van der Waals surface area contributed by atoms with Crippen molar-refractivity contribution in [2.45, 2.75) is 25.8 Å². The summed E-state index contributed by atoms with van der Waals surface area (Å²) >= 11 is 0. The van der Waals surface area contributed by atoms with Gasteiger partial charge in [0, 0.05) is 12.0 Å². The van der Waals surface area contributed by atoms with Crippen LogP contribution in [0.15, 0.2) is 18.2 Å². The molecule has 1 aliphatic heterocycles. The number of piperidine rings is 1. The van der Waals surface area contributed by atoms with Crippen LogP contribution in [0, 0.1) is 11.7 Å². The lowest BCUT2D eigenvalue weighted by Gasteiger charge is -2.27. The molecule has 1 aromatic rings. The molecule has 1 fully saturated rings. The molecule has 2 unspecified atom stereocenters. The zero-order valence-corrected chi connectivity index (χ0v) is 11.1. The van der Waals surface area contributed by atoms with Crippen molar-refractivity contribution in [1.82, 2.24) is 5.32 Å². The second-order valence-corrected chi connectivity index (χ2v) is 5.06. The van der Waals surface area contributed by atoms with Crippen LogP contribution in [0.3, 0.4) is 0 Å². The Morgan fingerprint density at radius 3 is 2.85 bits per heavy atom. The van der Waals surface area contributed by atoms with E-state index in [1.807, 2.05) is 6.92 Å². The van der Waals surface area contributed by atoms with E-state index in [0.717, 1.165) is 24.7 Å². The quantitative estimate of drug-likeness (QED) is 0.789. The average molecular weight is 280 g/mol. The van der Waals surface area contributed by atoms with E-state index < -0.39 is 11.8 Å². The Labute approximate surface area is 116 Å². The number of carbonyl (C=O) groups is 2. The van der Waals surface area contributed by atoms with Gasteiger partial charge in [-0.05, 0) is 44.5 Å². The fourth-order valence-corrected chi connectivity index (χ4v) is 2.41. The van der Waals surface area contributed by atoms with Gasteiger partial charge in [-0.1, -0.05) is 0 Å². The van der Waals surface area contributed by atoms with Crippen molar-refractivity contribution >= 4 is 17.6 Å². The van der Waals surface area contributed by atoms with Crippen molar-refractivity contribution in [1.29, 1.82) is 0 Å². The monoisotopic (exact) mass is 280 g/mol. The van der Waals surface area contributed by atoms with Gasteiger partial charge in [0.15, 0.2) is 0 Å². The minimum Gasteiger partial charge on any atom is -0.478 e. The third kappa shape index (κ3) is 3.33. The predicted octanol–water partition coefficient (Wildman–Crippen LogP) is 1.85. The summed E-state index contributed by atoms with van der Waals surface area (Å²) in [6.45, 7) is 2.73. The fourth-order valence-electron chi connectivity index (χ4n) is 2.41. The van der Waals surface area contributed by atoms with Crippen LogP contribution in [0.25, 0.3) is 0 Å². The van der Waals surface area contributed by atoms with Crippen molar-refractivity contribution in [3.63, 3.8) is 0 Å². The number of hydrogen-bond donors (Lipinski definition) is 3. The number of benzene rings is 1. The third-order valence-electron chi connectivity index (χ3n) is 3.46. The molecule has 1 amide bonds. The van der Waals surface area contributed by atoms with E-state index in [9.17, 15) is 14.0 Å². The van der Waals surface area contributed by atoms with Gasteiger partial charge in [-0.2, -0.15) is 0 Å². The highest BCUT2D eigenvalue weighted by Crippen LogP contribution is 2.22. The van der Waals surface area contributed by atoms with Gasteiger partial charge >= 0.3 is 5.97 Å². The van der Waals surface area contributed by atoms with E-state index in [1.165, 1.54) is 0 Å². The zero-order chi connectivity index (χ0) is 14.7. The van der Waals surface area contributed by atoms with Gasteiger partial charge in [-0.3, -0.25) is 4.79 Å². The number of carboxylic acid groups (broad SMARTS) is 1. The molecule has 3 N–H and O–H groups in total. The second kappa shape index (κ2) is 6.00. The fraction of sp³-hybridized carbons (Fsp3) is 0.429. The summed E-state index contributed by atoms with van der Waals surface area (Å²) in [5, 5.41) is 14.8. The van der Waals surface area contributed by atoms with Crippen LogP contribution in [0.2, 0.25) is 0 Å². The number of aromatic carboxylic acids is 1. The highest BCUT2D eigenvalue weighted by Gasteiger charge is 2.25. The maximum absolute atomic E-state index is 13.2. The molecular weight excluding hydrogens is 263 g/mol. The van der Waals surface area contributed by atoms with Gasteiger partial charge in [0.2, 0.25) is 5.91 Å². The Morgan fingerprint density at radius 2 is 2.20 bits per heavy atom. The summed E-state index contributed by atoms with van der Waals surface area (Å²) in [7, 11) is 0. The maximum atomic E-state index is 13.2. The summed E-state index contributed by atoms with van der Waals surface area (Å²) in [5.74, 6) is -2.22. The number of carboxylic acids is 1.